The molecule has 0 saturated carbocycles. The van der Waals surface area contributed by atoms with Gasteiger partial charge in [0.15, 0.2) is 0 Å². The highest BCUT2D eigenvalue weighted by Crippen LogP contribution is 2.25. The lowest BCUT2D eigenvalue weighted by Gasteiger charge is -2.35. The van der Waals surface area contributed by atoms with Crippen molar-refractivity contribution in [3.8, 4) is 5.75 Å². The van der Waals surface area contributed by atoms with Crippen LogP contribution in [0.4, 0.5) is 0 Å². The van der Waals surface area contributed by atoms with Crippen LogP contribution in [0.1, 0.15) is 65.0 Å². The van der Waals surface area contributed by atoms with Gasteiger partial charge in [-0.2, -0.15) is 0 Å². The number of likely N-dealkylation sites (tertiary alicyclic amines) is 1. The van der Waals surface area contributed by atoms with E-state index in [-0.39, 0.29) is 29.8 Å². The molecule has 3 aromatic carbocycles. The number of piperidine rings is 1. The number of benzene rings is 3. The molecule has 1 saturated heterocycles. The highest BCUT2D eigenvalue weighted by Gasteiger charge is 2.24. The first-order chi connectivity index (χ1) is 17.5. The second-order valence-corrected chi connectivity index (χ2v) is 9.22. The Morgan fingerprint density at radius 2 is 1.58 bits per heavy atom. The van der Waals surface area contributed by atoms with Gasteiger partial charge in [-0.25, -0.2) is 4.79 Å². The maximum Gasteiger partial charge on any atom is 0.339 e. The summed E-state index contributed by atoms with van der Waals surface area (Å²) in [5.74, 6) is -0.864. The van der Waals surface area contributed by atoms with Crippen LogP contribution in [0.15, 0.2) is 72.8 Å². The highest BCUT2D eigenvalue weighted by molar-refractivity contribution is 5.91. The van der Waals surface area contributed by atoms with Crippen LogP contribution in [-0.4, -0.2) is 41.6 Å². The molecule has 188 valence electrons. The van der Waals surface area contributed by atoms with Crippen molar-refractivity contribution < 1.29 is 19.4 Å². The van der Waals surface area contributed by atoms with Crippen LogP contribution in [-0.2, 0) is 17.6 Å². The predicted octanol–water partition coefficient (Wildman–Crippen LogP) is 5.22. The molecule has 1 atom stereocenters. The number of aromatic carboxylic acids is 1. The summed E-state index contributed by atoms with van der Waals surface area (Å²) >= 11 is 0. The lowest BCUT2D eigenvalue weighted by atomic mass is 10.0. The number of carbonyl (C=O) groups is 2. The molecule has 6 heteroatoms. The fraction of sp³-hybridized carbons (Fsp3) is 0.333. The first kappa shape index (κ1) is 25.5. The molecule has 0 radical (unpaired) electrons. The van der Waals surface area contributed by atoms with E-state index < -0.39 is 5.97 Å². The number of amides is 1. The van der Waals surface area contributed by atoms with Crippen LogP contribution in [0, 0.1) is 0 Å². The van der Waals surface area contributed by atoms with Crippen LogP contribution in [0.5, 0.6) is 5.75 Å². The smallest absolute Gasteiger partial charge is 0.339 e. The van der Waals surface area contributed by atoms with Crippen LogP contribution in [0.3, 0.4) is 0 Å². The van der Waals surface area contributed by atoms with Crippen molar-refractivity contribution >= 4 is 11.9 Å². The van der Waals surface area contributed by atoms with Gasteiger partial charge in [0.2, 0.25) is 5.91 Å². The molecular formula is C30H34N2O4. The standard InChI is InChI=1S/C30H34N2O4/c1-2-36-27-20-24(13-16-26(27)30(34)35)21-28(33)31-29(32-17-7-4-8-18-32)25-14-11-23(12-15-25)19-22-9-5-3-6-10-22/h3,5-6,9-16,20,29H,2,4,7-8,17-19,21H2,1H3,(H,31,33)(H,34,35). The molecule has 36 heavy (non-hydrogen) atoms. The summed E-state index contributed by atoms with van der Waals surface area (Å²) in [5.41, 5.74) is 4.39. The Kier molecular flexibility index (Phi) is 8.74. The van der Waals surface area contributed by atoms with Gasteiger partial charge in [-0.3, -0.25) is 9.69 Å². The SMILES string of the molecule is CCOc1cc(CC(=O)NC(c2ccc(Cc3ccccc3)cc2)N2CCCCC2)ccc1C(=O)O. The maximum atomic E-state index is 13.1. The summed E-state index contributed by atoms with van der Waals surface area (Å²) in [7, 11) is 0. The fourth-order valence-corrected chi connectivity index (χ4v) is 4.73. The molecule has 1 aliphatic rings. The summed E-state index contributed by atoms with van der Waals surface area (Å²) in [6.45, 7) is 4.05. The van der Waals surface area contributed by atoms with Gasteiger partial charge in [0, 0.05) is 13.1 Å². The molecular weight excluding hydrogens is 452 g/mol. The van der Waals surface area contributed by atoms with Crippen LogP contribution in [0.25, 0.3) is 0 Å². The molecule has 0 aromatic heterocycles. The van der Waals surface area contributed by atoms with Crippen molar-refractivity contribution in [2.24, 2.45) is 0 Å². The molecule has 6 nitrogen and oxygen atoms in total. The third kappa shape index (κ3) is 6.73. The molecule has 1 amide bonds. The van der Waals surface area contributed by atoms with Crippen molar-refractivity contribution in [1.29, 1.82) is 0 Å². The van der Waals surface area contributed by atoms with E-state index in [0.717, 1.165) is 43.5 Å². The molecule has 4 rings (SSSR count). The first-order valence-electron chi connectivity index (χ1n) is 12.7. The van der Waals surface area contributed by atoms with E-state index >= 15 is 0 Å². The maximum absolute atomic E-state index is 13.1. The van der Waals surface area contributed by atoms with Crippen molar-refractivity contribution in [3.63, 3.8) is 0 Å². The van der Waals surface area contributed by atoms with Gasteiger partial charge in [0.1, 0.15) is 17.5 Å². The number of hydrogen-bond acceptors (Lipinski definition) is 4. The number of carboxylic acids is 1. The topological polar surface area (TPSA) is 78.9 Å². The molecule has 1 fully saturated rings. The Balaban J connectivity index is 1.49. The molecule has 2 N–H and O–H groups in total. The van der Waals surface area contributed by atoms with Crippen LogP contribution in [0.2, 0.25) is 0 Å². The van der Waals surface area contributed by atoms with Crippen molar-refractivity contribution in [3.05, 3.63) is 101 Å². The van der Waals surface area contributed by atoms with Gasteiger partial charge >= 0.3 is 5.97 Å². The summed E-state index contributed by atoms with van der Waals surface area (Å²) < 4.78 is 5.50. The van der Waals surface area contributed by atoms with Crippen molar-refractivity contribution in [2.75, 3.05) is 19.7 Å². The summed E-state index contributed by atoms with van der Waals surface area (Å²) in [4.78, 5) is 26.9. The van der Waals surface area contributed by atoms with Gasteiger partial charge in [0.05, 0.1) is 13.0 Å². The third-order valence-electron chi connectivity index (χ3n) is 6.54. The van der Waals surface area contributed by atoms with Gasteiger partial charge < -0.3 is 15.2 Å². The zero-order valence-corrected chi connectivity index (χ0v) is 20.8. The first-order valence-corrected chi connectivity index (χ1v) is 12.7. The van der Waals surface area contributed by atoms with Crippen molar-refractivity contribution in [1.82, 2.24) is 10.2 Å². The monoisotopic (exact) mass is 486 g/mol. The molecule has 1 aliphatic heterocycles. The van der Waals surface area contributed by atoms with E-state index in [9.17, 15) is 14.7 Å². The average Bonchev–Trinajstić information content (AvgIpc) is 2.89. The zero-order chi connectivity index (χ0) is 25.3. The van der Waals surface area contributed by atoms with E-state index in [1.807, 2.05) is 6.07 Å². The second kappa shape index (κ2) is 12.4. The zero-order valence-electron chi connectivity index (χ0n) is 20.8. The average molecular weight is 487 g/mol. The van der Waals surface area contributed by atoms with E-state index in [1.54, 1.807) is 19.1 Å². The predicted molar refractivity (Wildman–Crippen MR) is 140 cm³/mol. The summed E-state index contributed by atoms with van der Waals surface area (Å²) in [5, 5.41) is 12.6. The molecule has 1 unspecified atom stereocenters. The molecule has 0 spiro atoms. The molecule has 1 heterocycles. The lowest BCUT2D eigenvalue weighted by molar-refractivity contribution is -0.122. The third-order valence-corrected chi connectivity index (χ3v) is 6.54. The van der Waals surface area contributed by atoms with Crippen LogP contribution < -0.4 is 10.1 Å². The molecule has 3 aromatic rings. The summed E-state index contributed by atoms with van der Waals surface area (Å²) in [6, 6.07) is 23.8. The fourth-order valence-electron chi connectivity index (χ4n) is 4.73. The van der Waals surface area contributed by atoms with Crippen LogP contribution >= 0.6 is 0 Å². The minimum absolute atomic E-state index is 0.0998. The quantitative estimate of drug-likeness (QED) is 0.411. The van der Waals surface area contributed by atoms with Gasteiger partial charge in [-0.1, -0.05) is 67.1 Å². The molecule has 0 bridgehead atoms. The normalized spacial score (nSPS) is 14.7. The van der Waals surface area contributed by atoms with Gasteiger partial charge in [-0.15, -0.1) is 0 Å². The second-order valence-electron chi connectivity index (χ2n) is 9.22. The Morgan fingerprint density at radius 3 is 2.25 bits per heavy atom. The van der Waals surface area contributed by atoms with Gasteiger partial charge in [0.25, 0.3) is 0 Å². The van der Waals surface area contributed by atoms with E-state index in [2.05, 4.69) is 58.7 Å². The number of ether oxygens (including phenoxy) is 1. The van der Waals surface area contributed by atoms with E-state index in [4.69, 9.17) is 4.74 Å². The number of nitrogens with one attached hydrogen (secondary N) is 1. The molecule has 0 aliphatic carbocycles. The van der Waals surface area contributed by atoms with Crippen molar-refractivity contribution in [2.45, 2.75) is 45.2 Å². The number of carboxylic acid groups (broad SMARTS) is 1. The number of nitrogens with zero attached hydrogens (tertiary/aromatic N) is 1. The Morgan fingerprint density at radius 1 is 0.917 bits per heavy atom. The minimum Gasteiger partial charge on any atom is -0.493 e. The Labute approximate surface area is 212 Å². The Bertz CT molecular complexity index is 1160. The minimum atomic E-state index is -1.05. The summed E-state index contributed by atoms with van der Waals surface area (Å²) in [6.07, 6.45) is 4.27. The highest BCUT2D eigenvalue weighted by atomic mass is 16.5. The number of rotatable bonds is 10. The largest absolute Gasteiger partial charge is 0.493 e. The lowest BCUT2D eigenvalue weighted by Crippen LogP contribution is -2.44. The van der Waals surface area contributed by atoms with E-state index in [0.29, 0.717) is 6.61 Å². The number of carbonyl (C=O) groups excluding carboxylic acids is 1. The number of hydrogen-bond donors (Lipinski definition) is 2. The Hall–Kier alpha value is -3.64. The van der Waals surface area contributed by atoms with Gasteiger partial charge in [-0.05, 0) is 60.6 Å². The van der Waals surface area contributed by atoms with E-state index in [1.165, 1.54) is 23.6 Å².